The molecule has 1 heterocycles. The van der Waals surface area contributed by atoms with Crippen LogP contribution in [-0.4, -0.2) is 20.6 Å². The number of benzene rings is 1. The fraction of sp³-hybridized carbons (Fsp3) is 0.250. The van der Waals surface area contributed by atoms with E-state index in [0.29, 0.717) is 11.3 Å². The van der Waals surface area contributed by atoms with Crippen LogP contribution in [0.3, 0.4) is 0 Å². The van der Waals surface area contributed by atoms with Crippen molar-refractivity contribution in [2.75, 3.05) is 7.05 Å². The number of nitrogens with one attached hydrogen (secondary N) is 2. The van der Waals surface area contributed by atoms with Crippen LogP contribution in [0.2, 0.25) is 5.02 Å². The van der Waals surface area contributed by atoms with E-state index in [1.165, 1.54) is 18.3 Å². The Morgan fingerprint density at radius 2 is 2.14 bits per heavy atom. The van der Waals surface area contributed by atoms with Crippen molar-refractivity contribution >= 4 is 21.6 Å². The van der Waals surface area contributed by atoms with Crippen molar-refractivity contribution in [1.82, 2.24) is 15.2 Å². The second-order valence-corrected chi connectivity index (χ2v) is 6.36. The highest BCUT2D eigenvalue weighted by molar-refractivity contribution is 7.89. The van der Waals surface area contributed by atoms with Crippen LogP contribution in [0.5, 0.6) is 0 Å². The molecular formula is C12H13ClFN3O3S. The monoisotopic (exact) mass is 333 g/mol. The molecule has 1 aromatic carbocycles. The van der Waals surface area contributed by atoms with Crippen molar-refractivity contribution < 1.29 is 17.3 Å². The molecule has 0 spiro atoms. The molecule has 0 saturated heterocycles. The van der Waals surface area contributed by atoms with Crippen molar-refractivity contribution in [3.8, 4) is 0 Å². The number of hydrogen-bond donors (Lipinski definition) is 2. The van der Waals surface area contributed by atoms with Crippen molar-refractivity contribution in [1.29, 1.82) is 0 Å². The van der Waals surface area contributed by atoms with Gasteiger partial charge in [0.05, 0.1) is 22.7 Å². The van der Waals surface area contributed by atoms with Gasteiger partial charge in [-0.1, -0.05) is 16.8 Å². The zero-order valence-electron chi connectivity index (χ0n) is 11.1. The minimum atomic E-state index is -3.88. The van der Waals surface area contributed by atoms with Crippen molar-refractivity contribution in [2.24, 2.45) is 0 Å². The summed E-state index contributed by atoms with van der Waals surface area (Å²) in [7, 11) is -2.23. The highest BCUT2D eigenvalue weighted by Gasteiger charge is 2.19. The quantitative estimate of drug-likeness (QED) is 0.840. The minimum Gasteiger partial charge on any atom is -0.360 e. The molecule has 114 valence electrons. The molecule has 0 aliphatic carbocycles. The number of rotatable bonds is 6. The summed E-state index contributed by atoms with van der Waals surface area (Å²) in [4.78, 5) is -0.200. The lowest BCUT2D eigenvalue weighted by Crippen LogP contribution is -2.23. The lowest BCUT2D eigenvalue weighted by molar-refractivity contribution is 0.380. The van der Waals surface area contributed by atoms with Gasteiger partial charge in [0.25, 0.3) is 0 Å². The number of sulfonamides is 1. The third kappa shape index (κ3) is 3.79. The van der Waals surface area contributed by atoms with Crippen molar-refractivity contribution in [3.05, 3.63) is 46.6 Å². The molecule has 0 atom stereocenters. The maximum atomic E-state index is 13.7. The molecule has 0 radical (unpaired) electrons. The molecule has 1 aromatic heterocycles. The van der Waals surface area contributed by atoms with Gasteiger partial charge in [0.15, 0.2) is 5.76 Å². The van der Waals surface area contributed by atoms with Gasteiger partial charge in [-0.3, -0.25) is 0 Å². The summed E-state index contributed by atoms with van der Waals surface area (Å²) in [6.07, 6.45) is 1.40. The first-order valence-corrected chi connectivity index (χ1v) is 7.82. The first-order valence-electron chi connectivity index (χ1n) is 5.96. The third-order valence-electron chi connectivity index (χ3n) is 2.68. The summed E-state index contributed by atoms with van der Waals surface area (Å²) in [5.41, 5.74) is 0.360. The largest absolute Gasteiger partial charge is 0.360 e. The Bertz CT molecular complexity index is 720. The van der Waals surface area contributed by atoms with Crippen LogP contribution in [0, 0.1) is 5.82 Å². The molecular weight excluding hydrogens is 321 g/mol. The van der Waals surface area contributed by atoms with Gasteiger partial charge >= 0.3 is 0 Å². The van der Waals surface area contributed by atoms with Gasteiger partial charge in [0, 0.05) is 12.6 Å². The zero-order chi connectivity index (χ0) is 15.5. The average Bonchev–Trinajstić information content (AvgIpc) is 2.95. The minimum absolute atomic E-state index is 0.0755. The van der Waals surface area contributed by atoms with Crippen LogP contribution in [0.1, 0.15) is 11.3 Å². The molecule has 21 heavy (non-hydrogen) atoms. The molecule has 2 aromatic rings. The Hall–Kier alpha value is -1.48. The summed E-state index contributed by atoms with van der Waals surface area (Å²) < 4.78 is 45.1. The second-order valence-electron chi connectivity index (χ2n) is 4.21. The summed E-state index contributed by atoms with van der Waals surface area (Å²) in [5, 5.41) is 6.16. The SMILES string of the molecule is CNCc1cc(S(=O)(=O)NCc2ccno2)cc(F)c1Cl. The predicted molar refractivity (Wildman–Crippen MR) is 74.7 cm³/mol. The molecule has 0 fully saturated rings. The maximum Gasteiger partial charge on any atom is 0.241 e. The fourth-order valence-electron chi connectivity index (χ4n) is 1.68. The predicted octanol–water partition coefficient (Wildman–Crippen LogP) is 1.66. The van der Waals surface area contributed by atoms with E-state index in [-0.39, 0.29) is 23.0 Å². The van der Waals surface area contributed by atoms with Crippen LogP contribution in [0.25, 0.3) is 0 Å². The average molecular weight is 334 g/mol. The summed E-state index contributed by atoms with van der Waals surface area (Å²) >= 11 is 5.80. The van der Waals surface area contributed by atoms with Gasteiger partial charge < -0.3 is 9.84 Å². The summed E-state index contributed by atoms with van der Waals surface area (Å²) in [5.74, 6) is -0.437. The number of hydrogen-bond acceptors (Lipinski definition) is 5. The van der Waals surface area contributed by atoms with E-state index in [0.717, 1.165) is 6.07 Å². The molecule has 9 heteroatoms. The molecule has 0 aliphatic heterocycles. The van der Waals surface area contributed by atoms with Gasteiger partial charge in [0.1, 0.15) is 5.82 Å². The Balaban J connectivity index is 2.27. The Morgan fingerprint density at radius 1 is 1.38 bits per heavy atom. The highest BCUT2D eigenvalue weighted by atomic mass is 35.5. The topological polar surface area (TPSA) is 84.2 Å². The normalized spacial score (nSPS) is 11.8. The zero-order valence-corrected chi connectivity index (χ0v) is 12.6. The molecule has 0 saturated carbocycles. The van der Waals surface area contributed by atoms with E-state index in [4.69, 9.17) is 16.1 Å². The molecule has 2 rings (SSSR count). The Morgan fingerprint density at radius 3 is 2.76 bits per heavy atom. The summed E-state index contributed by atoms with van der Waals surface area (Å²) in [6.45, 7) is 0.176. The van der Waals surface area contributed by atoms with Gasteiger partial charge in [0.2, 0.25) is 10.0 Å². The first-order chi connectivity index (χ1) is 9.94. The highest BCUT2D eigenvalue weighted by Crippen LogP contribution is 2.24. The van der Waals surface area contributed by atoms with Gasteiger partial charge in [-0.25, -0.2) is 17.5 Å². The molecule has 0 aliphatic rings. The third-order valence-corrected chi connectivity index (χ3v) is 4.49. The molecule has 6 nitrogen and oxygen atoms in total. The van der Waals surface area contributed by atoms with Crippen LogP contribution in [0.4, 0.5) is 4.39 Å². The fourth-order valence-corrected chi connectivity index (χ4v) is 2.91. The maximum absolute atomic E-state index is 13.7. The van der Waals surface area contributed by atoms with Crippen molar-refractivity contribution in [3.63, 3.8) is 0 Å². The first kappa shape index (κ1) is 15.9. The molecule has 0 unspecified atom stereocenters. The van der Waals surface area contributed by atoms with E-state index in [1.807, 2.05) is 0 Å². The molecule has 2 N–H and O–H groups in total. The lowest BCUT2D eigenvalue weighted by Gasteiger charge is -2.10. The van der Waals surface area contributed by atoms with Crippen LogP contribution < -0.4 is 10.0 Å². The number of halogens is 2. The van der Waals surface area contributed by atoms with E-state index in [9.17, 15) is 12.8 Å². The van der Waals surface area contributed by atoms with Crippen molar-refractivity contribution in [2.45, 2.75) is 18.0 Å². The van der Waals surface area contributed by atoms with E-state index in [1.54, 1.807) is 7.05 Å². The Labute approximate surface area is 126 Å². The van der Waals surface area contributed by atoms with Gasteiger partial charge in [-0.15, -0.1) is 0 Å². The summed E-state index contributed by atoms with van der Waals surface area (Å²) in [6, 6.07) is 3.73. The second kappa shape index (κ2) is 6.52. The standard InChI is InChI=1S/C12H13ClFN3O3S/c1-15-6-8-4-10(5-11(14)12(8)13)21(18,19)17-7-9-2-3-16-20-9/h2-5,15,17H,6-7H2,1H3. The number of aromatic nitrogens is 1. The van der Waals surface area contributed by atoms with Crippen LogP contribution >= 0.6 is 11.6 Å². The van der Waals surface area contributed by atoms with E-state index < -0.39 is 15.8 Å². The van der Waals surface area contributed by atoms with E-state index >= 15 is 0 Å². The Kier molecular flexibility index (Phi) is 4.94. The van der Waals surface area contributed by atoms with Gasteiger partial charge in [-0.2, -0.15) is 0 Å². The molecule has 0 bridgehead atoms. The lowest BCUT2D eigenvalue weighted by atomic mass is 10.2. The van der Waals surface area contributed by atoms with Gasteiger partial charge in [-0.05, 0) is 24.7 Å². The van der Waals surface area contributed by atoms with E-state index in [2.05, 4.69) is 15.2 Å². The smallest absolute Gasteiger partial charge is 0.241 e. The number of nitrogens with zero attached hydrogens (tertiary/aromatic N) is 1. The molecule has 0 amide bonds. The van der Waals surface area contributed by atoms with Crippen LogP contribution in [-0.2, 0) is 23.1 Å². The van der Waals surface area contributed by atoms with Crippen LogP contribution in [0.15, 0.2) is 33.8 Å².